The van der Waals surface area contributed by atoms with E-state index < -0.39 is 0 Å². The Bertz CT molecular complexity index is 82.5. The number of amides is 1. The number of hydrogen-bond acceptors (Lipinski definition) is 2. The molecular formula is C5H8NO2. The summed E-state index contributed by atoms with van der Waals surface area (Å²) in [6.45, 7) is 5.17. The molecule has 1 atom stereocenters. The molecule has 3 heteroatoms. The lowest BCUT2D eigenvalue weighted by Gasteiger charge is -2.01. The van der Waals surface area contributed by atoms with E-state index in [1.165, 1.54) is 6.41 Å². The summed E-state index contributed by atoms with van der Waals surface area (Å²) in [5, 5.41) is 0. The zero-order valence-corrected chi connectivity index (χ0v) is 4.68. The van der Waals surface area contributed by atoms with E-state index in [1.54, 1.807) is 13.0 Å². The largest absolute Gasteiger partial charge is 0.335 e. The van der Waals surface area contributed by atoms with Gasteiger partial charge in [-0.3, -0.25) is 9.63 Å². The number of hydroxylamine groups is 1. The van der Waals surface area contributed by atoms with Crippen LogP contribution in [0.5, 0.6) is 0 Å². The summed E-state index contributed by atoms with van der Waals surface area (Å²) < 4.78 is 0. The molecule has 0 saturated heterocycles. The number of nitrogens with one attached hydrogen (secondary N) is 1. The Balaban J connectivity index is 3.09. The maximum absolute atomic E-state index is 9.43. The van der Waals surface area contributed by atoms with E-state index in [4.69, 9.17) is 0 Å². The molecule has 0 heterocycles. The third-order valence-electron chi connectivity index (χ3n) is 0.618. The fraction of sp³-hybridized carbons (Fsp3) is 0.400. The maximum Gasteiger partial charge on any atom is 0.335 e. The van der Waals surface area contributed by atoms with Crippen LogP contribution in [0.1, 0.15) is 6.92 Å². The molecule has 8 heavy (non-hydrogen) atoms. The van der Waals surface area contributed by atoms with Gasteiger partial charge in [-0.15, -0.1) is 6.58 Å². The minimum absolute atomic E-state index is 0.156. The zero-order chi connectivity index (χ0) is 6.41. The highest BCUT2D eigenvalue weighted by atomic mass is 16.7. The zero-order valence-electron chi connectivity index (χ0n) is 4.68. The van der Waals surface area contributed by atoms with Crippen molar-refractivity contribution < 1.29 is 9.63 Å². The highest BCUT2D eigenvalue weighted by molar-refractivity contribution is 5.45. The number of rotatable bonds is 4. The van der Waals surface area contributed by atoms with E-state index in [0.717, 1.165) is 0 Å². The minimum Gasteiger partial charge on any atom is -0.266 e. The molecule has 0 aliphatic carbocycles. The fourth-order valence-corrected chi connectivity index (χ4v) is 0.165. The Morgan fingerprint density at radius 2 is 2.62 bits per heavy atom. The fourth-order valence-electron chi connectivity index (χ4n) is 0.165. The highest BCUT2D eigenvalue weighted by Gasteiger charge is 1.90. The SMILES string of the molecule is C=CC(C)ON[C]=O. The molecule has 0 aromatic rings. The van der Waals surface area contributed by atoms with Gasteiger partial charge in [-0.1, -0.05) is 6.08 Å². The molecule has 0 aromatic heterocycles. The summed E-state index contributed by atoms with van der Waals surface area (Å²) in [6, 6.07) is 0. The van der Waals surface area contributed by atoms with Gasteiger partial charge < -0.3 is 0 Å². The third-order valence-corrected chi connectivity index (χ3v) is 0.618. The molecule has 1 N–H and O–H groups in total. The number of hydrogen-bond donors (Lipinski definition) is 1. The van der Waals surface area contributed by atoms with E-state index in [1.807, 2.05) is 5.48 Å². The lowest BCUT2D eigenvalue weighted by atomic mass is 10.4. The van der Waals surface area contributed by atoms with E-state index in [9.17, 15) is 4.79 Å². The van der Waals surface area contributed by atoms with Crippen molar-refractivity contribution in [3.05, 3.63) is 12.7 Å². The maximum atomic E-state index is 9.43. The van der Waals surface area contributed by atoms with Crippen LogP contribution < -0.4 is 5.48 Å². The predicted molar refractivity (Wildman–Crippen MR) is 29.6 cm³/mol. The number of carbonyl (C=O) groups excluding carboxylic acids is 1. The van der Waals surface area contributed by atoms with Gasteiger partial charge in [0, 0.05) is 0 Å². The van der Waals surface area contributed by atoms with Crippen molar-refractivity contribution in [1.29, 1.82) is 0 Å². The Kier molecular flexibility index (Phi) is 3.88. The predicted octanol–water partition coefficient (Wildman–Crippen LogP) is 0.149. The molecule has 1 unspecified atom stereocenters. The molecule has 0 aromatic carbocycles. The van der Waals surface area contributed by atoms with Crippen molar-refractivity contribution in [3.63, 3.8) is 0 Å². The Morgan fingerprint density at radius 1 is 2.00 bits per heavy atom. The average molecular weight is 114 g/mol. The molecule has 0 aliphatic rings. The smallest absolute Gasteiger partial charge is 0.266 e. The van der Waals surface area contributed by atoms with Gasteiger partial charge >= 0.3 is 6.41 Å². The topological polar surface area (TPSA) is 38.3 Å². The van der Waals surface area contributed by atoms with Crippen molar-refractivity contribution in [1.82, 2.24) is 5.48 Å². The molecular weight excluding hydrogens is 106 g/mol. The molecule has 0 rings (SSSR count). The van der Waals surface area contributed by atoms with Gasteiger partial charge in [0.2, 0.25) is 0 Å². The van der Waals surface area contributed by atoms with Crippen LogP contribution in [0.15, 0.2) is 12.7 Å². The van der Waals surface area contributed by atoms with E-state index in [0.29, 0.717) is 0 Å². The second kappa shape index (κ2) is 4.33. The molecule has 3 nitrogen and oxygen atoms in total. The normalized spacial score (nSPS) is 12.1. The third kappa shape index (κ3) is 3.36. The van der Waals surface area contributed by atoms with Gasteiger partial charge in [0.1, 0.15) is 6.10 Å². The van der Waals surface area contributed by atoms with Gasteiger partial charge in [-0.2, -0.15) is 0 Å². The van der Waals surface area contributed by atoms with E-state index >= 15 is 0 Å². The lowest BCUT2D eigenvalue weighted by molar-refractivity contribution is 0.0488. The quantitative estimate of drug-likeness (QED) is 0.321. The van der Waals surface area contributed by atoms with Crippen molar-refractivity contribution in [2.45, 2.75) is 13.0 Å². The summed E-state index contributed by atoms with van der Waals surface area (Å²) in [6.07, 6.45) is 2.77. The summed E-state index contributed by atoms with van der Waals surface area (Å²) in [7, 11) is 0. The van der Waals surface area contributed by atoms with E-state index in [-0.39, 0.29) is 6.10 Å². The van der Waals surface area contributed by atoms with Gasteiger partial charge in [-0.25, -0.2) is 5.48 Å². The van der Waals surface area contributed by atoms with Gasteiger partial charge in [0.05, 0.1) is 0 Å². The van der Waals surface area contributed by atoms with Crippen LogP contribution >= 0.6 is 0 Å². The summed E-state index contributed by atoms with van der Waals surface area (Å²) in [5.41, 5.74) is 1.92. The monoisotopic (exact) mass is 114 g/mol. The standard InChI is InChI=1S/C5H8NO2/c1-3-5(2)8-6-4-7/h3,5H,1H2,2H3,(H,6,7). The van der Waals surface area contributed by atoms with Gasteiger partial charge in [-0.05, 0) is 6.92 Å². The lowest BCUT2D eigenvalue weighted by Crippen LogP contribution is -2.17. The molecule has 0 aliphatic heterocycles. The molecule has 0 spiro atoms. The first kappa shape index (κ1) is 7.17. The molecule has 1 amide bonds. The van der Waals surface area contributed by atoms with E-state index in [2.05, 4.69) is 11.4 Å². The van der Waals surface area contributed by atoms with Crippen molar-refractivity contribution in [2.75, 3.05) is 0 Å². The molecule has 0 bridgehead atoms. The minimum atomic E-state index is -0.156. The van der Waals surface area contributed by atoms with Crippen LogP contribution in [-0.4, -0.2) is 12.5 Å². The van der Waals surface area contributed by atoms with Crippen LogP contribution in [0.3, 0.4) is 0 Å². The van der Waals surface area contributed by atoms with Crippen molar-refractivity contribution in [3.8, 4) is 0 Å². The Morgan fingerprint density at radius 3 is 3.00 bits per heavy atom. The van der Waals surface area contributed by atoms with Crippen LogP contribution in [0.25, 0.3) is 0 Å². The first-order chi connectivity index (χ1) is 3.81. The average Bonchev–Trinajstić information content (AvgIpc) is 1.83. The molecule has 0 saturated carbocycles. The van der Waals surface area contributed by atoms with Crippen LogP contribution in [0.4, 0.5) is 0 Å². The Hall–Kier alpha value is -0.830. The van der Waals surface area contributed by atoms with Crippen molar-refractivity contribution >= 4 is 6.41 Å². The van der Waals surface area contributed by atoms with Crippen LogP contribution in [0.2, 0.25) is 0 Å². The van der Waals surface area contributed by atoms with Crippen molar-refractivity contribution in [2.24, 2.45) is 0 Å². The van der Waals surface area contributed by atoms with Crippen LogP contribution in [-0.2, 0) is 9.63 Å². The first-order valence-electron chi connectivity index (χ1n) is 2.21. The summed E-state index contributed by atoms with van der Waals surface area (Å²) in [5.74, 6) is 0. The Labute approximate surface area is 48.3 Å². The van der Waals surface area contributed by atoms with Crippen LogP contribution in [0, 0.1) is 0 Å². The first-order valence-corrected chi connectivity index (χ1v) is 2.21. The van der Waals surface area contributed by atoms with Gasteiger partial charge in [0.15, 0.2) is 0 Å². The second-order valence-electron chi connectivity index (χ2n) is 1.26. The highest BCUT2D eigenvalue weighted by Crippen LogP contribution is 1.83. The summed E-state index contributed by atoms with van der Waals surface area (Å²) in [4.78, 5) is 14.0. The summed E-state index contributed by atoms with van der Waals surface area (Å²) >= 11 is 0. The molecule has 1 radical (unpaired) electrons. The van der Waals surface area contributed by atoms with Gasteiger partial charge in [0.25, 0.3) is 0 Å². The molecule has 45 valence electrons. The molecule has 0 fully saturated rings. The second-order valence-corrected chi connectivity index (χ2v) is 1.26.